The summed E-state index contributed by atoms with van der Waals surface area (Å²) >= 11 is 5.85. The van der Waals surface area contributed by atoms with Crippen molar-refractivity contribution >= 4 is 29.4 Å². The number of amides is 1. The standard InChI is InChI=1S/C16H12ClNO3/c17-12-3-1-2-10(8-12)4-6-14(19)11-5-7-15(20)13(9-11)16(18)21/h1-9,20H,(H2,18,21). The summed E-state index contributed by atoms with van der Waals surface area (Å²) < 4.78 is 0. The van der Waals surface area contributed by atoms with Gasteiger partial charge in [0.15, 0.2) is 5.78 Å². The van der Waals surface area contributed by atoms with E-state index in [9.17, 15) is 14.7 Å². The van der Waals surface area contributed by atoms with E-state index in [4.69, 9.17) is 17.3 Å². The molecule has 106 valence electrons. The first-order chi connectivity index (χ1) is 9.97. The van der Waals surface area contributed by atoms with Crippen molar-refractivity contribution in [1.29, 1.82) is 0 Å². The number of halogens is 1. The highest BCUT2D eigenvalue weighted by Gasteiger charge is 2.11. The van der Waals surface area contributed by atoms with Gasteiger partial charge in [-0.15, -0.1) is 0 Å². The van der Waals surface area contributed by atoms with Gasteiger partial charge in [-0.2, -0.15) is 0 Å². The Morgan fingerprint density at radius 2 is 1.90 bits per heavy atom. The van der Waals surface area contributed by atoms with Crippen molar-refractivity contribution in [2.45, 2.75) is 0 Å². The summed E-state index contributed by atoms with van der Waals surface area (Å²) in [7, 11) is 0. The minimum Gasteiger partial charge on any atom is -0.507 e. The Hall–Kier alpha value is -2.59. The molecule has 0 aliphatic rings. The second-order valence-electron chi connectivity index (χ2n) is 4.35. The fraction of sp³-hybridized carbons (Fsp3) is 0. The highest BCUT2D eigenvalue weighted by atomic mass is 35.5. The molecule has 0 saturated heterocycles. The Labute approximate surface area is 126 Å². The molecule has 0 bridgehead atoms. The van der Waals surface area contributed by atoms with Crippen LogP contribution in [0.4, 0.5) is 0 Å². The quantitative estimate of drug-likeness (QED) is 0.673. The molecule has 0 unspecified atom stereocenters. The minimum atomic E-state index is -0.791. The van der Waals surface area contributed by atoms with Crippen molar-refractivity contribution in [1.82, 2.24) is 0 Å². The van der Waals surface area contributed by atoms with Gasteiger partial charge < -0.3 is 10.8 Å². The predicted octanol–water partition coefficient (Wildman–Crippen LogP) is 3.04. The molecule has 2 aromatic rings. The molecule has 0 radical (unpaired) electrons. The van der Waals surface area contributed by atoms with E-state index < -0.39 is 5.91 Å². The summed E-state index contributed by atoms with van der Waals surface area (Å²) in [5.74, 6) is -1.35. The third kappa shape index (κ3) is 3.70. The largest absolute Gasteiger partial charge is 0.507 e. The summed E-state index contributed by atoms with van der Waals surface area (Å²) in [6, 6.07) is 11.0. The van der Waals surface area contributed by atoms with Crippen LogP contribution in [0.1, 0.15) is 26.3 Å². The van der Waals surface area contributed by atoms with Gasteiger partial charge in [0.2, 0.25) is 0 Å². The molecule has 0 aromatic heterocycles. The van der Waals surface area contributed by atoms with Crippen molar-refractivity contribution in [2.75, 3.05) is 0 Å². The fourth-order valence-electron chi connectivity index (χ4n) is 1.77. The maximum Gasteiger partial charge on any atom is 0.252 e. The number of rotatable bonds is 4. The second-order valence-corrected chi connectivity index (χ2v) is 4.79. The Morgan fingerprint density at radius 3 is 2.57 bits per heavy atom. The molecule has 0 aliphatic heterocycles. The minimum absolute atomic E-state index is 0.0861. The van der Waals surface area contributed by atoms with Gasteiger partial charge in [0, 0.05) is 10.6 Å². The average Bonchev–Trinajstić information content (AvgIpc) is 2.45. The van der Waals surface area contributed by atoms with E-state index in [0.29, 0.717) is 5.02 Å². The van der Waals surface area contributed by atoms with Crippen LogP contribution in [0.25, 0.3) is 6.08 Å². The van der Waals surface area contributed by atoms with Crippen LogP contribution in [0.5, 0.6) is 5.75 Å². The number of aromatic hydroxyl groups is 1. The SMILES string of the molecule is NC(=O)c1cc(C(=O)C=Cc2cccc(Cl)c2)ccc1O. The number of nitrogens with two attached hydrogens (primary N) is 1. The molecule has 0 spiro atoms. The summed E-state index contributed by atoms with van der Waals surface area (Å²) in [6.07, 6.45) is 2.98. The van der Waals surface area contributed by atoms with Gasteiger partial charge in [0.1, 0.15) is 5.75 Å². The normalized spacial score (nSPS) is 10.7. The van der Waals surface area contributed by atoms with Crippen LogP contribution in [0.15, 0.2) is 48.5 Å². The molecule has 0 heterocycles. The van der Waals surface area contributed by atoms with Crippen molar-refractivity contribution < 1.29 is 14.7 Å². The van der Waals surface area contributed by atoms with E-state index in [2.05, 4.69) is 0 Å². The Balaban J connectivity index is 2.25. The van der Waals surface area contributed by atoms with Crippen LogP contribution in [0.3, 0.4) is 0 Å². The summed E-state index contributed by atoms with van der Waals surface area (Å²) in [5, 5.41) is 10.1. The number of hydrogen-bond acceptors (Lipinski definition) is 3. The van der Waals surface area contributed by atoms with Crippen molar-refractivity contribution in [3.8, 4) is 5.75 Å². The maximum atomic E-state index is 12.0. The second kappa shape index (κ2) is 6.24. The number of primary amides is 1. The number of ketones is 1. The fourth-order valence-corrected chi connectivity index (χ4v) is 1.96. The third-order valence-electron chi connectivity index (χ3n) is 2.82. The molecule has 21 heavy (non-hydrogen) atoms. The highest BCUT2D eigenvalue weighted by Crippen LogP contribution is 2.19. The summed E-state index contributed by atoms with van der Waals surface area (Å²) in [5.41, 5.74) is 6.08. The molecule has 4 nitrogen and oxygen atoms in total. The van der Waals surface area contributed by atoms with E-state index >= 15 is 0 Å². The van der Waals surface area contributed by atoms with Gasteiger partial charge >= 0.3 is 0 Å². The maximum absolute atomic E-state index is 12.0. The van der Waals surface area contributed by atoms with E-state index in [0.717, 1.165) is 5.56 Å². The van der Waals surface area contributed by atoms with Crippen LogP contribution in [0.2, 0.25) is 5.02 Å². The Morgan fingerprint density at radius 1 is 1.14 bits per heavy atom. The number of allylic oxidation sites excluding steroid dienone is 1. The van der Waals surface area contributed by atoms with Gasteiger partial charge in [-0.05, 0) is 42.0 Å². The lowest BCUT2D eigenvalue weighted by Gasteiger charge is -2.02. The van der Waals surface area contributed by atoms with E-state index in [-0.39, 0.29) is 22.7 Å². The van der Waals surface area contributed by atoms with Crippen LogP contribution in [-0.2, 0) is 0 Å². The zero-order valence-electron chi connectivity index (χ0n) is 10.9. The first-order valence-electron chi connectivity index (χ1n) is 6.08. The van der Waals surface area contributed by atoms with Crippen LogP contribution in [0, 0.1) is 0 Å². The lowest BCUT2D eigenvalue weighted by molar-refractivity contribution is 0.0997. The molecule has 0 fully saturated rings. The van der Waals surface area contributed by atoms with E-state index in [1.165, 1.54) is 24.3 Å². The van der Waals surface area contributed by atoms with Gasteiger partial charge in [-0.3, -0.25) is 9.59 Å². The van der Waals surface area contributed by atoms with Crippen molar-refractivity contribution in [2.24, 2.45) is 5.73 Å². The molecule has 0 saturated carbocycles. The molecule has 2 aromatic carbocycles. The molecular weight excluding hydrogens is 290 g/mol. The van der Waals surface area contributed by atoms with E-state index in [1.54, 1.807) is 30.3 Å². The Kier molecular flexibility index (Phi) is 4.40. The number of hydrogen-bond donors (Lipinski definition) is 2. The molecular formula is C16H12ClNO3. The van der Waals surface area contributed by atoms with Crippen LogP contribution in [-0.4, -0.2) is 16.8 Å². The van der Waals surface area contributed by atoms with Crippen LogP contribution < -0.4 is 5.73 Å². The summed E-state index contributed by atoms with van der Waals surface area (Å²) in [6.45, 7) is 0. The van der Waals surface area contributed by atoms with Gasteiger partial charge in [0.05, 0.1) is 5.56 Å². The molecule has 2 rings (SSSR count). The number of benzene rings is 2. The first-order valence-corrected chi connectivity index (χ1v) is 6.46. The van der Waals surface area contributed by atoms with Gasteiger partial charge in [-0.1, -0.05) is 29.8 Å². The zero-order chi connectivity index (χ0) is 15.4. The highest BCUT2D eigenvalue weighted by molar-refractivity contribution is 6.30. The molecule has 1 amide bonds. The third-order valence-corrected chi connectivity index (χ3v) is 3.06. The molecule has 0 aliphatic carbocycles. The smallest absolute Gasteiger partial charge is 0.252 e. The lowest BCUT2D eigenvalue weighted by Crippen LogP contribution is -2.12. The Bertz CT molecular complexity index is 738. The summed E-state index contributed by atoms with van der Waals surface area (Å²) in [4.78, 5) is 23.2. The van der Waals surface area contributed by atoms with Gasteiger partial charge in [0.25, 0.3) is 5.91 Å². The molecule has 0 atom stereocenters. The van der Waals surface area contributed by atoms with Gasteiger partial charge in [-0.25, -0.2) is 0 Å². The molecule has 3 N–H and O–H groups in total. The number of phenols is 1. The first kappa shape index (κ1) is 14.8. The topological polar surface area (TPSA) is 80.4 Å². The van der Waals surface area contributed by atoms with E-state index in [1.807, 2.05) is 0 Å². The number of carbonyl (C=O) groups is 2. The van der Waals surface area contributed by atoms with Crippen molar-refractivity contribution in [3.63, 3.8) is 0 Å². The van der Waals surface area contributed by atoms with Crippen LogP contribution >= 0.6 is 11.6 Å². The lowest BCUT2D eigenvalue weighted by atomic mass is 10.0. The number of carbonyl (C=O) groups excluding carboxylic acids is 2. The average molecular weight is 302 g/mol. The molecule has 5 heteroatoms. The van der Waals surface area contributed by atoms with Crippen molar-refractivity contribution in [3.05, 3.63) is 70.3 Å². The monoisotopic (exact) mass is 301 g/mol. The predicted molar refractivity (Wildman–Crippen MR) is 81.4 cm³/mol. The zero-order valence-corrected chi connectivity index (χ0v) is 11.7.